The Morgan fingerprint density at radius 2 is 2.18 bits per heavy atom. The molecule has 1 aliphatic rings. The maximum absolute atomic E-state index is 12.1. The number of rotatable bonds is 4. The number of carbonyl (C=O) groups excluding carboxylic acids is 1. The molecule has 0 bridgehead atoms. The molecule has 1 saturated heterocycles. The summed E-state index contributed by atoms with van der Waals surface area (Å²) in [6.07, 6.45) is 5.14. The molecule has 0 unspecified atom stereocenters. The number of piperidine rings is 1. The maximum Gasteiger partial charge on any atom is 0.254 e. The molecule has 0 radical (unpaired) electrons. The van der Waals surface area contributed by atoms with Crippen molar-refractivity contribution in [3.63, 3.8) is 0 Å². The first kappa shape index (κ1) is 14.7. The smallest absolute Gasteiger partial charge is 0.254 e. The topological polar surface area (TPSA) is 89.1 Å². The highest BCUT2D eigenvalue weighted by molar-refractivity contribution is 5.93. The Bertz CT molecular complexity index is 641. The molecule has 0 atom stereocenters. The van der Waals surface area contributed by atoms with Crippen LogP contribution in [-0.2, 0) is 13.6 Å². The van der Waals surface area contributed by atoms with E-state index in [-0.39, 0.29) is 11.9 Å². The highest BCUT2D eigenvalue weighted by Crippen LogP contribution is 2.14. The molecular weight excluding hydrogens is 284 g/mol. The second kappa shape index (κ2) is 6.27. The van der Waals surface area contributed by atoms with Gasteiger partial charge in [-0.2, -0.15) is 5.10 Å². The van der Waals surface area contributed by atoms with E-state index >= 15 is 0 Å². The summed E-state index contributed by atoms with van der Waals surface area (Å²) in [5.74, 6) is 1.18. The van der Waals surface area contributed by atoms with E-state index in [0.717, 1.165) is 25.9 Å². The molecule has 0 spiro atoms. The van der Waals surface area contributed by atoms with Gasteiger partial charge in [-0.1, -0.05) is 0 Å². The van der Waals surface area contributed by atoms with Crippen molar-refractivity contribution in [2.75, 3.05) is 13.1 Å². The van der Waals surface area contributed by atoms with Crippen LogP contribution in [0.15, 0.2) is 16.8 Å². The summed E-state index contributed by atoms with van der Waals surface area (Å²) >= 11 is 0. The van der Waals surface area contributed by atoms with Gasteiger partial charge in [0.1, 0.15) is 0 Å². The molecule has 1 aliphatic heterocycles. The minimum atomic E-state index is -0.0564. The van der Waals surface area contributed by atoms with E-state index in [2.05, 4.69) is 25.5 Å². The lowest BCUT2D eigenvalue weighted by Crippen LogP contribution is -2.44. The highest BCUT2D eigenvalue weighted by Gasteiger charge is 2.22. The third-order valence-electron chi connectivity index (χ3n) is 3.82. The Kier molecular flexibility index (Phi) is 4.19. The molecule has 0 aliphatic carbocycles. The average Bonchev–Trinajstić information content (AvgIpc) is 3.10. The molecule has 1 fully saturated rings. The predicted octanol–water partition coefficient (Wildman–Crippen LogP) is 0.506. The van der Waals surface area contributed by atoms with Gasteiger partial charge in [0.05, 0.1) is 18.3 Å². The van der Waals surface area contributed by atoms with Crippen LogP contribution in [0.5, 0.6) is 0 Å². The van der Waals surface area contributed by atoms with Gasteiger partial charge in [0.15, 0.2) is 0 Å². The third-order valence-corrected chi connectivity index (χ3v) is 3.82. The molecule has 3 heterocycles. The zero-order valence-electron chi connectivity index (χ0n) is 12.8. The monoisotopic (exact) mass is 304 g/mol. The summed E-state index contributed by atoms with van der Waals surface area (Å²) in [5, 5.41) is 14.9. The Labute approximate surface area is 128 Å². The molecule has 2 aromatic heterocycles. The number of aromatic nitrogens is 4. The molecule has 22 heavy (non-hydrogen) atoms. The van der Waals surface area contributed by atoms with Crippen LogP contribution >= 0.6 is 0 Å². The van der Waals surface area contributed by atoms with E-state index in [1.165, 1.54) is 0 Å². The normalized spacial score (nSPS) is 16.8. The van der Waals surface area contributed by atoms with Crippen molar-refractivity contribution in [1.29, 1.82) is 0 Å². The summed E-state index contributed by atoms with van der Waals surface area (Å²) in [6, 6.07) is 0.202. The number of carbonyl (C=O) groups is 1. The largest absolute Gasteiger partial charge is 0.424 e. The van der Waals surface area contributed by atoms with Crippen molar-refractivity contribution >= 4 is 5.91 Å². The maximum atomic E-state index is 12.1. The molecule has 2 aromatic rings. The van der Waals surface area contributed by atoms with Crippen molar-refractivity contribution in [3.8, 4) is 0 Å². The van der Waals surface area contributed by atoms with Crippen molar-refractivity contribution in [2.24, 2.45) is 7.05 Å². The van der Waals surface area contributed by atoms with Crippen LogP contribution < -0.4 is 5.32 Å². The molecule has 1 amide bonds. The molecule has 0 saturated carbocycles. The van der Waals surface area contributed by atoms with Crippen LogP contribution in [-0.4, -0.2) is 49.9 Å². The average molecular weight is 304 g/mol. The van der Waals surface area contributed by atoms with Crippen LogP contribution in [0.2, 0.25) is 0 Å². The van der Waals surface area contributed by atoms with Gasteiger partial charge in [0.2, 0.25) is 11.8 Å². The van der Waals surface area contributed by atoms with E-state index in [0.29, 0.717) is 23.9 Å². The van der Waals surface area contributed by atoms with Crippen molar-refractivity contribution < 1.29 is 9.21 Å². The fraction of sp³-hybridized carbons (Fsp3) is 0.571. The van der Waals surface area contributed by atoms with Gasteiger partial charge in [-0.25, -0.2) is 0 Å². The lowest BCUT2D eigenvalue weighted by molar-refractivity contribution is 0.0905. The second-order valence-corrected chi connectivity index (χ2v) is 5.64. The van der Waals surface area contributed by atoms with Gasteiger partial charge in [-0.05, 0) is 12.8 Å². The first-order valence-corrected chi connectivity index (χ1v) is 7.41. The quantitative estimate of drug-likeness (QED) is 0.885. The molecule has 0 aromatic carbocycles. The van der Waals surface area contributed by atoms with Gasteiger partial charge in [0, 0.05) is 39.3 Å². The molecular formula is C14H20N6O2. The first-order chi connectivity index (χ1) is 10.6. The third kappa shape index (κ3) is 3.51. The number of nitrogens with one attached hydrogen (secondary N) is 1. The molecule has 118 valence electrons. The van der Waals surface area contributed by atoms with Gasteiger partial charge in [-0.3, -0.25) is 14.4 Å². The van der Waals surface area contributed by atoms with Crippen LogP contribution in [0, 0.1) is 6.92 Å². The number of hydrogen-bond acceptors (Lipinski definition) is 6. The van der Waals surface area contributed by atoms with Gasteiger partial charge in [0.25, 0.3) is 5.91 Å². The fourth-order valence-corrected chi connectivity index (χ4v) is 2.64. The number of amides is 1. The van der Waals surface area contributed by atoms with Crippen LogP contribution in [0.1, 0.15) is 35.0 Å². The minimum absolute atomic E-state index is 0.0564. The zero-order valence-corrected chi connectivity index (χ0v) is 12.8. The van der Waals surface area contributed by atoms with E-state index in [4.69, 9.17) is 4.42 Å². The lowest BCUT2D eigenvalue weighted by atomic mass is 10.0. The minimum Gasteiger partial charge on any atom is -0.424 e. The lowest BCUT2D eigenvalue weighted by Gasteiger charge is -2.31. The summed E-state index contributed by atoms with van der Waals surface area (Å²) in [7, 11) is 1.80. The highest BCUT2D eigenvalue weighted by atomic mass is 16.4. The van der Waals surface area contributed by atoms with Gasteiger partial charge < -0.3 is 9.73 Å². The predicted molar refractivity (Wildman–Crippen MR) is 78.0 cm³/mol. The van der Waals surface area contributed by atoms with Crippen LogP contribution in [0.25, 0.3) is 0 Å². The van der Waals surface area contributed by atoms with Crippen LogP contribution in [0.3, 0.4) is 0 Å². The molecule has 8 heteroatoms. The standard InChI is InChI=1S/C14H20N6O2/c1-10-17-18-13(22-10)9-20-5-3-12(4-6-20)16-14(21)11-7-15-19(2)8-11/h7-8,12H,3-6,9H2,1-2H3,(H,16,21). The Morgan fingerprint density at radius 3 is 2.77 bits per heavy atom. The Morgan fingerprint density at radius 1 is 1.41 bits per heavy atom. The van der Waals surface area contributed by atoms with Crippen molar-refractivity contribution in [2.45, 2.75) is 32.4 Å². The summed E-state index contributed by atoms with van der Waals surface area (Å²) in [5.41, 5.74) is 0.603. The SMILES string of the molecule is Cc1nnc(CN2CCC(NC(=O)c3cnn(C)c3)CC2)o1. The first-order valence-electron chi connectivity index (χ1n) is 7.41. The van der Waals surface area contributed by atoms with E-state index in [9.17, 15) is 4.79 Å². The van der Waals surface area contributed by atoms with E-state index in [1.54, 1.807) is 31.0 Å². The number of likely N-dealkylation sites (tertiary alicyclic amines) is 1. The van der Waals surface area contributed by atoms with Gasteiger partial charge in [-0.15, -0.1) is 10.2 Å². The summed E-state index contributed by atoms with van der Waals surface area (Å²) in [4.78, 5) is 14.4. The second-order valence-electron chi connectivity index (χ2n) is 5.64. The molecule has 1 N–H and O–H groups in total. The Hall–Kier alpha value is -2.22. The van der Waals surface area contributed by atoms with Crippen LogP contribution in [0.4, 0.5) is 0 Å². The number of aryl methyl sites for hydroxylation is 2. The number of hydrogen-bond donors (Lipinski definition) is 1. The van der Waals surface area contributed by atoms with Crippen molar-refractivity contribution in [1.82, 2.24) is 30.2 Å². The van der Waals surface area contributed by atoms with E-state index in [1.807, 2.05) is 0 Å². The number of nitrogens with zero attached hydrogens (tertiary/aromatic N) is 5. The Balaban J connectivity index is 1.46. The summed E-state index contributed by atoms with van der Waals surface area (Å²) < 4.78 is 7.02. The van der Waals surface area contributed by atoms with Gasteiger partial charge >= 0.3 is 0 Å². The molecule has 3 rings (SSSR count). The molecule has 8 nitrogen and oxygen atoms in total. The fourth-order valence-electron chi connectivity index (χ4n) is 2.64. The van der Waals surface area contributed by atoms with Crippen molar-refractivity contribution in [3.05, 3.63) is 29.7 Å². The van der Waals surface area contributed by atoms with E-state index < -0.39 is 0 Å². The summed E-state index contributed by atoms with van der Waals surface area (Å²) in [6.45, 7) is 4.26. The zero-order chi connectivity index (χ0) is 15.5.